The fourth-order valence-electron chi connectivity index (χ4n) is 4.24. The van der Waals surface area contributed by atoms with Gasteiger partial charge in [0.05, 0.1) is 12.7 Å². The lowest BCUT2D eigenvalue weighted by Gasteiger charge is -2.47. The first-order chi connectivity index (χ1) is 18.7. The lowest BCUT2D eigenvalue weighted by Crippen LogP contribution is -2.66. The second kappa shape index (κ2) is 15.0. The number of ether oxygens (including phenoxy) is 9. The zero-order valence-electron chi connectivity index (χ0n) is 23.1. The van der Waals surface area contributed by atoms with Gasteiger partial charge in [0, 0.05) is 34.6 Å². The molecular formula is C25H36O15. The summed E-state index contributed by atoms with van der Waals surface area (Å²) in [6.45, 7) is 10.1. The standard InChI is InChI=1S/C25H36O15/c1-8-9-32-24-21(18(31)19(11(2)34-24)35-13(4)27)40-25-23(38-16(7)30)22(37-15(6)29)20(36-14(5)28)17(39-25)10-33-12(3)26/h8,11,17-25,31H,1,9-10H2,2-7H3/t11-,17-,18+,19+,20-,21-,22+,23-,24+,25+/m1/s1. The maximum Gasteiger partial charge on any atom is 0.303 e. The van der Waals surface area contributed by atoms with Crippen LogP contribution in [0.25, 0.3) is 0 Å². The Kier molecular flexibility index (Phi) is 12.4. The summed E-state index contributed by atoms with van der Waals surface area (Å²) in [6, 6.07) is 0. The van der Waals surface area contributed by atoms with E-state index >= 15 is 0 Å². The van der Waals surface area contributed by atoms with E-state index in [1.54, 1.807) is 6.92 Å². The first-order valence-corrected chi connectivity index (χ1v) is 12.4. The van der Waals surface area contributed by atoms with E-state index < -0.39 is 97.9 Å². The topological polar surface area (TPSA) is 189 Å². The smallest absolute Gasteiger partial charge is 0.303 e. The SMILES string of the molecule is C=CCO[C@H]1O[C@H](C)[C@H](OC(C)=O)[C@H](O)[C@H]1O[C@@H]1O[C@H](COC(C)=O)[C@@H](OC(C)=O)[C@H](OC(C)=O)[C@H]1OC(C)=O. The quantitative estimate of drug-likeness (QED) is 0.191. The van der Waals surface area contributed by atoms with Crippen molar-refractivity contribution in [1.29, 1.82) is 0 Å². The Hall–Kier alpha value is -3.11. The molecular weight excluding hydrogens is 540 g/mol. The van der Waals surface area contributed by atoms with Crippen molar-refractivity contribution in [3.63, 3.8) is 0 Å². The van der Waals surface area contributed by atoms with Crippen LogP contribution >= 0.6 is 0 Å². The number of aliphatic hydroxyl groups excluding tert-OH is 1. The summed E-state index contributed by atoms with van der Waals surface area (Å²) in [7, 11) is 0. The van der Waals surface area contributed by atoms with Crippen LogP contribution in [0, 0.1) is 0 Å². The molecule has 1 N–H and O–H groups in total. The van der Waals surface area contributed by atoms with E-state index in [4.69, 9.17) is 42.6 Å². The number of aliphatic hydroxyl groups is 1. The Morgan fingerprint density at radius 3 is 1.77 bits per heavy atom. The average molecular weight is 577 g/mol. The van der Waals surface area contributed by atoms with Gasteiger partial charge in [-0.25, -0.2) is 0 Å². The van der Waals surface area contributed by atoms with Crippen LogP contribution in [0.5, 0.6) is 0 Å². The van der Waals surface area contributed by atoms with Gasteiger partial charge in [0.15, 0.2) is 37.0 Å². The molecule has 15 heteroatoms. The molecule has 2 rings (SSSR count). The number of carbonyl (C=O) groups excluding carboxylic acids is 5. The molecule has 0 bridgehead atoms. The zero-order valence-corrected chi connectivity index (χ0v) is 23.1. The van der Waals surface area contributed by atoms with Crippen molar-refractivity contribution < 1.29 is 71.7 Å². The van der Waals surface area contributed by atoms with Crippen molar-refractivity contribution in [2.75, 3.05) is 13.2 Å². The molecule has 40 heavy (non-hydrogen) atoms. The molecule has 226 valence electrons. The predicted molar refractivity (Wildman–Crippen MR) is 129 cm³/mol. The zero-order chi connectivity index (χ0) is 30.1. The van der Waals surface area contributed by atoms with E-state index in [2.05, 4.69) is 6.58 Å². The van der Waals surface area contributed by atoms with E-state index in [0.717, 1.165) is 34.6 Å². The van der Waals surface area contributed by atoms with Crippen LogP contribution in [0.2, 0.25) is 0 Å². The van der Waals surface area contributed by atoms with E-state index in [0.29, 0.717) is 0 Å². The highest BCUT2D eigenvalue weighted by Crippen LogP contribution is 2.34. The molecule has 2 fully saturated rings. The second-order valence-electron chi connectivity index (χ2n) is 9.06. The molecule has 0 aromatic heterocycles. The Morgan fingerprint density at radius 1 is 0.725 bits per heavy atom. The van der Waals surface area contributed by atoms with E-state index in [-0.39, 0.29) is 6.61 Å². The molecule has 10 atom stereocenters. The van der Waals surface area contributed by atoms with Crippen molar-refractivity contribution in [1.82, 2.24) is 0 Å². The average Bonchev–Trinajstić information content (AvgIpc) is 2.83. The summed E-state index contributed by atoms with van der Waals surface area (Å²) < 4.78 is 49.7. The Morgan fingerprint density at radius 2 is 1.25 bits per heavy atom. The van der Waals surface area contributed by atoms with Crippen LogP contribution in [0.3, 0.4) is 0 Å². The summed E-state index contributed by atoms with van der Waals surface area (Å²) in [5.41, 5.74) is 0. The molecule has 0 saturated carbocycles. The first-order valence-electron chi connectivity index (χ1n) is 12.4. The summed E-state index contributed by atoms with van der Waals surface area (Å²) in [5.74, 6) is -3.86. The monoisotopic (exact) mass is 576 g/mol. The normalized spacial score (nSPS) is 33.7. The van der Waals surface area contributed by atoms with Crippen molar-refractivity contribution in [3.8, 4) is 0 Å². The number of hydrogen-bond donors (Lipinski definition) is 1. The van der Waals surface area contributed by atoms with Crippen molar-refractivity contribution in [3.05, 3.63) is 12.7 Å². The van der Waals surface area contributed by atoms with Crippen LogP contribution in [0.4, 0.5) is 0 Å². The van der Waals surface area contributed by atoms with E-state index in [1.807, 2.05) is 0 Å². The molecule has 0 aromatic rings. The molecule has 0 unspecified atom stereocenters. The Labute approximate surface area is 230 Å². The lowest BCUT2D eigenvalue weighted by molar-refractivity contribution is -0.364. The minimum Gasteiger partial charge on any atom is -0.463 e. The summed E-state index contributed by atoms with van der Waals surface area (Å²) in [6.07, 6.45) is -12.2. The molecule has 2 aliphatic rings. The number of carbonyl (C=O) groups is 5. The minimum atomic E-state index is -1.63. The predicted octanol–water partition coefficient (Wildman–Crippen LogP) is -0.305. The van der Waals surface area contributed by atoms with Gasteiger partial charge in [0.1, 0.15) is 24.9 Å². The molecule has 2 heterocycles. The highest BCUT2D eigenvalue weighted by Gasteiger charge is 2.56. The molecule has 0 aromatic carbocycles. The molecule has 0 spiro atoms. The largest absolute Gasteiger partial charge is 0.463 e. The van der Waals surface area contributed by atoms with Gasteiger partial charge in [0.2, 0.25) is 0 Å². The third-order valence-corrected chi connectivity index (χ3v) is 5.67. The van der Waals surface area contributed by atoms with Gasteiger partial charge < -0.3 is 47.7 Å². The van der Waals surface area contributed by atoms with Crippen molar-refractivity contribution >= 4 is 29.8 Å². The third kappa shape index (κ3) is 9.23. The molecule has 0 aliphatic carbocycles. The minimum absolute atomic E-state index is 0.0270. The van der Waals surface area contributed by atoms with E-state index in [9.17, 15) is 29.1 Å². The first kappa shape index (κ1) is 33.1. The van der Waals surface area contributed by atoms with Gasteiger partial charge in [-0.2, -0.15) is 0 Å². The van der Waals surface area contributed by atoms with Crippen LogP contribution in [0.1, 0.15) is 41.5 Å². The van der Waals surface area contributed by atoms with Gasteiger partial charge >= 0.3 is 29.8 Å². The van der Waals surface area contributed by atoms with Crippen molar-refractivity contribution in [2.45, 2.75) is 103 Å². The molecule has 2 aliphatic heterocycles. The number of hydrogen-bond acceptors (Lipinski definition) is 15. The van der Waals surface area contributed by atoms with Crippen LogP contribution in [-0.4, -0.2) is 110 Å². The number of rotatable bonds is 11. The van der Waals surface area contributed by atoms with Gasteiger partial charge in [-0.05, 0) is 6.92 Å². The summed E-state index contributed by atoms with van der Waals surface area (Å²) in [4.78, 5) is 59.2. The highest BCUT2D eigenvalue weighted by atomic mass is 16.8. The van der Waals surface area contributed by atoms with Gasteiger partial charge in [-0.1, -0.05) is 6.08 Å². The third-order valence-electron chi connectivity index (χ3n) is 5.67. The fourth-order valence-corrected chi connectivity index (χ4v) is 4.24. The van der Waals surface area contributed by atoms with Crippen LogP contribution < -0.4 is 0 Å². The van der Waals surface area contributed by atoms with Gasteiger partial charge in [-0.3, -0.25) is 24.0 Å². The van der Waals surface area contributed by atoms with Gasteiger partial charge in [-0.15, -0.1) is 6.58 Å². The lowest BCUT2D eigenvalue weighted by atomic mass is 9.96. The molecule has 0 radical (unpaired) electrons. The van der Waals surface area contributed by atoms with Crippen molar-refractivity contribution in [2.24, 2.45) is 0 Å². The maximum absolute atomic E-state index is 12.1. The van der Waals surface area contributed by atoms with Crippen LogP contribution in [-0.2, 0) is 66.6 Å². The molecule has 2 saturated heterocycles. The second-order valence-corrected chi connectivity index (χ2v) is 9.06. The van der Waals surface area contributed by atoms with E-state index in [1.165, 1.54) is 6.08 Å². The summed E-state index contributed by atoms with van der Waals surface area (Å²) >= 11 is 0. The van der Waals surface area contributed by atoms with Gasteiger partial charge in [0.25, 0.3) is 0 Å². The Balaban J connectivity index is 2.53. The highest BCUT2D eigenvalue weighted by molar-refractivity contribution is 5.69. The maximum atomic E-state index is 12.1. The fraction of sp³-hybridized carbons (Fsp3) is 0.720. The molecule has 15 nitrogen and oxygen atoms in total. The van der Waals surface area contributed by atoms with Crippen LogP contribution in [0.15, 0.2) is 12.7 Å². The molecule has 0 amide bonds. The Bertz CT molecular complexity index is 935. The number of esters is 5. The summed E-state index contributed by atoms with van der Waals surface area (Å²) in [5, 5.41) is 11.2.